The first-order valence-corrected chi connectivity index (χ1v) is 6.59. The summed E-state index contributed by atoms with van der Waals surface area (Å²) in [5.41, 5.74) is -0.572. The van der Waals surface area contributed by atoms with Gasteiger partial charge in [0.05, 0.1) is 11.6 Å². The second kappa shape index (κ2) is 5.95. The standard InChI is InChI=1S/C16H12F3N3/c1-2-22-13-6-4-3-5-11(13)7-8-14(22)15(16(17,18)19)12(9-20)10-21/h3-8,14H,2H2,1H3/t14-/m1/s1. The summed E-state index contributed by atoms with van der Waals surface area (Å²) in [6.07, 6.45) is -1.79. The van der Waals surface area contributed by atoms with E-state index in [4.69, 9.17) is 10.5 Å². The highest BCUT2D eigenvalue weighted by atomic mass is 19.4. The Kier molecular flexibility index (Phi) is 4.23. The fraction of sp³-hybridized carbons (Fsp3) is 0.250. The molecule has 0 radical (unpaired) electrons. The maximum Gasteiger partial charge on any atom is 0.416 e. The van der Waals surface area contributed by atoms with E-state index in [9.17, 15) is 13.2 Å². The van der Waals surface area contributed by atoms with Crippen LogP contribution in [-0.4, -0.2) is 18.8 Å². The molecule has 0 amide bonds. The van der Waals surface area contributed by atoms with Crippen molar-refractivity contribution in [2.75, 3.05) is 11.4 Å². The molecule has 0 saturated heterocycles. The lowest BCUT2D eigenvalue weighted by Crippen LogP contribution is -2.42. The molecule has 0 saturated carbocycles. The second-order valence-corrected chi connectivity index (χ2v) is 4.66. The number of para-hydroxylation sites is 1. The monoisotopic (exact) mass is 303 g/mol. The van der Waals surface area contributed by atoms with Crippen molar-refractivity contribution < 1.29 is 13.2 Å². The van der Waals surface area contributed by atoms with Gasteiger partial charge in [-0.2, -0.15) is 23.7 Å². The fourth-order valence-corrected chi connectivity index (χ4v) is 2.56. The highest BCUT2D eigenvalue weighted by Crippen LogP contribution is 2.38. The number of likely N-dealkylation sites (N-methyl/N-ethyl adjacent to an activating group) is 1. The van der Waals surface area contributed by atoms with Gasteiger partial charge in [0.15, 0.2) is 0 Å². The third-order valence-electron chi connectivity index (χ3n) is 3.47. The number of allylic oxidation sites excluding steroid dienone is 1. The van der Waals surface area contributed by atoms with E-state index >= 15 is 0 Å². The molecular formula is C16H12F3N3. The highest BCUT2D eigenvalue weighted by molar-refractivity contribution is 5.74. The quantitative estimate of drug-likeness (QED) is 0.781. The van der Waals surface area contributed by atoms with E-state index in [2.05, 4.69) is 0 Å². The Balaban J connectivity index is 2.64. The normalized spacial score (nSPS) is 16.5. The molecule has 1 aromatic rings. The van der Waals surface area contributed by atoms with E-state index in [1.807, 2.05) is 0 Å². The van der Waals surface area contributed by atoms with Gasteiger partial charge in [-0.05, 0) is 18.6 Å². The van der Waals surface area contributed by atoms with E-state index < -0.39 is 23.4 Å². The van der Waals surface area contributed by atoms with Crippen LogP contribution in [0, 0.1) is 22.7 Å². The minimum Gasteiger partial charge on any atom is -0.361 e. The molecule has 0 aromatic heterocycles. The van der Waals surface area contributed by atoms with Crippen LogP contribution in [0.25, 0.3) is 6.08 Å². The maximum absolute atomic E-state index is 13.4. The summed E-state index contributed by atoms with van der Waals surface area (Å²) >= 11 is 0. The van der Waals surface area contributed by atoms with Gasteiger partial charge in [0.1, 0.15) is 17.7 Å². The zero-order valence-electron chi connectivity index (χ0n) is 11.7. The van der Waals surface area contributed by atoms with E-state index in [-0.39, 0.29) is 0 Å². The summed E-state index contributed by atoms with van der Waals surface area (Å²) in [5, 5.41) is 17.7. The van der Waals surface area contributed by atoms with Crippen molar-refractivity contribution in [3.63, 3.8) is 0 Å². The first-order valence-electron chi connectivity index (χ1n) is 6.59. The van der Waals surface area contributed by atoms with Crippen molar-refractivity contribution in [3.8, 4) is 12.1 Å². The highest BCUT2D eigenvalue weighted by Gasteiger charge is 2.43. The number of hydrogen-bond acceptors (Lipinski definition) is 3. The Bertz CT molecular complexity index is 701. The molecular weight excluding hydrogens is 291 g/mol. The number of alkyl halides is 3. The molecule has 0 bridgehead atoms. The number of rotatable bonds is 2. The van der Waals surface area contributed by atoms with Gasteiger partial charge in [0, 0.05) is 12.2 Å². The lowest BCUT2D eigenvalue weighted by atomic mass is 9.94. The molecule has 0 aliphatic carbocycles. The van der Waals surface area contributed by atoms with Crippen molar-refractivity contribution in [3.05, 3.63) is 47.1 Å². The van der Waals surface area contributed by atoms with Gasteiger partial charge >= 0.3 is 6.18 Å². The minimum atomic E-state index is -4.75. The minimum absolute atomic E-state index is 0.315. The molecule has 1 heterocycles. The first kappa shape index (κ1) is 15.7. The largest absolute Gasteiger partial charge is 0.416 e. The third kappa shape index (κ3) is 2.68. The number of nitriles is 2. The predicted molar refractivity (Wildman–Crippen MR) is 76.6 cm³/mol. The van der Waals surface area contributed by atoms with Gasteiger partial charge in [-0.3, -0.25) is 0 Å². The first-order chi connectivity index (χ1) is 10.4. The third-order valence-corrected chi connectivity index (χ3v) is 3.47. The number of hydrogen-bond donors (Lipinski definition) is 0. The molecule has 0 fully saturated rings. The summed E-state index contributed by atoms with van der Waals surface area (Å²) in [7, 11) is 0. The van der Waals surface area contributed by atoms with Crippen LogP contribution >= 0.6 is 0 Å². The topological polar surface area (TPSA) is 50.8 Å². The van der Waals surface area contributed by atoms with E-state index in [1.54, 1.807) is 37.3 Å². The van der Waals surface area contributed by atoms with Gasteiger partial charge in [-0.1, -0.05) is 30.4 Å². The Labute approximate surface area is 126 Å². The van der Waals surface area contributed by atoms with Crippen molar-refractivity contribution in [1.29, 1.82) is 10.5 Å². The fourth-order valence-electron chi connectivity index (χ4n) is 2.56. The molecule has 3 nitrogen and oxygen atoms in total. The molecule has 2 rings (SSSR count). The Morgan fingerprint density at radius 1 is 1.23 bits per heavy atom. The second-order valence-electron chi connectivity index (χ2n) is 4.66. The van der Waals surface area contributed by atoms with Gasteiger partial charge in [0.2, 0.25) is 0 Å². The van der Waals surface area contributed by atoms with Crippen LogP contribution < -0.4 is 4.90 Å². The van der Waals surface area contributed by atoms with Crippen molar-refractivity contribution in [2.45, 2.75) is 19.1 Å². The van der Waals surface area contributed by atoms with Gasteiger partial charge in [0.25, 0.3) is 0 Å². The van der Waals surface area contributed by atoms with E-state index in [1.165, 1.54) is 23.1 Å². The van der Waals surface area contributed by atoms with Crippen LogP contribution in [0.2, 0.25) is 0 Å². The Hall–Kier alpha value is -2.73. The van der Waals surface area contributed by atoms with Crippen LogP contribution in [0.1, 0.15) is 12.5 Å². The molecule has 0 unspecified atom stereocenters. The molecule has 6 heteroatoms. The molecule has 0 N–H and O–H groups in total. The number of benzene rings is 1. The number of halogens is 3. The zero-order valence-corrected chi connectivity index (χ0v) is 11.7. The number of nitrogens with zero attached hydrogens (tertiary/aromatic N) is 3. The summed E-state index contributed by atoms with van der Waals surface area (Å²) in [6.45, 7) is 2.05. The molecule has 1 aromatic carbocycles. The lowest BCUT2D eigenvalue weighted by Gasteiger charge is -2.36. The van der Waals surface area contributed by atoms with Gasteiger partial charge < -0.3 is 4.90 Å². The van der Waals surface area contributed by atoms with Crippen molar-refractivity contribution in [1.82, 2.24) is 0 Å². The average Bonchev–Trinajstić information content (AvgIpc) is 2.50. The van der Waals surface area contributed by atoms with Crippen LogP contribution in [0.4, 0.5) is 18.9 Å². The Morgan fingerprint density at radius 3 is 2.41 bits per heavy atom. The average molecular weight is 303 g/mol. The predicted octanol–water partition coefficient (Wildman–Crippen LogP) is 3.81. The van der Waals surface area contributed by atoms with Gasteiger partial charge in [-0.25, -0.2) is 0 Å². The van der Waals surface area contributed by atoms with Gasteiger partial charge in [-0.15, -0.1) is 0 Å². The van der Waals surface area contributed by atoms with Crippen LogP contribution in [-0.2, 0) is 0 Å². The summed E-state index contributed by atoms with van der Waals surface area (Å²) in [4.78, 5) is 1.53. The smallest absolute Gasteiger partial charge is 0.361 e. The van der Waals surface area contributed by atoms with E-state index in [0.717, 1.165) is 5.56 Å². The number of anilines is 1. The van der Waals surface area contributed by atoms with Crippen molar-refractivity contribution in [2.24, 2.45) is 0 Å². The lowest BCUT2D eigenvalue weighted by molar-refractivity contribution is -0.0948. The summed E-state index contributed by atoms with van der Waals surface area (Å²) in [6, 6.07) is 8.60. The zero-order chi connectivity index (χ0) is 16.3. The molecule has 112 valence electrons. The van der Waals surface area contributed by atoms with E-state index in [0.29, 0.717) is 12.2 Å². The molecule has 22 heavy (non-hydrogen) atoms. The van der Waals surface area contributed by atoms with Crippen LogP contribution in [0.15, 0.2) is 41.5 Å². The molecule has 1 aliphatic heterocycles. The Morgan fingerprint density at radius 2 is 1.86 bits per heavy atom. The molecule has 1 aliphatic rings. The van der Waals surface area contributed by atoms with Crippen LogP contribution in [0.5, 0.6) is 0 Å². The van der Waals surface area contributed by atoms with Crippen molar-refractivity contribution >= 4 is 11.8 Å². The maximum atomic E-state index is 13.4. The molecule has 0 spiro atoms. The van der Waals surface area contributed by atoms with Crippen LogP contribution in [0.3, 0.4) is 0 Å². The summed E-state index contributed by atoms with van der Waals surface area (Å²) < 4.78 is 40.2. The molecule has 1 atom stereocenters. The summed E-state index contributed by atoms with van der Waals surface area (Å²) in [5.74, 6) is 0. The number of fused-ring (bicyclic) bond motifs is 1. The SMILES string of the molecule is CCN1c2ccccc2C=C[C@@H]1C(=C(C#N)C#N)C(F)(F)F.